The Bertz CT molecular complexity index is 1600. The Kier molecular flexibility index (Phi) is 10.1. The van der Waals surface area contributed by atoms with Crippen molar-refractivity contribution in [3.63, 3.8) is 0 Å². The van der Waals surface area contributed by atoms with Crippen LogP contribution in [0.15, 0.2) is 72.8 Å². The maximum absolute atomic E-state index is 13.7. The number of hydrogen-bond donors (Lipinski definition) is 2. The van der Waals surface area contributed by atoms with E-state index in [2.05, 4.69) is 0 Å². The van der Waals surface area contributed by atoms with Crippen molar-refractivity contribution in [3.8, 4) is 0 Å². The molecule has 254 valence electrons. The summed E-state index contributed by atoms with van der Waals surface area (Å²) < 4.78 is 38.6. The quantitative estimate of drug-likeness (QED) is 0.179. The van der Waals surface area contributed by atoms with Crippen molar-refractivity contribution >= 4 is 23.3 Å². The van der Waals surface area contributed by atoms with Gasteiger partial charge in [-0.05, 0) is 91.6 Å². The number of nitrogens with zero attached hydrogens (tertiary/aromatic N) is 1. The van der Waals surface area contributed by atoms with Crippen LogP contribution in [0, 0.1) is 23.0 Å². The number of rotatable bonds is 15. The molecule has 8 nitrogen and oxygen atoms in total. The van der Waals surface area contributed by atoms with Crippen molar-refractivity contribution in [2.45, 2.75) is 75.5 Å². The van der Waals surface area contributed by atoms with Gasteiger partial charge in [0, 0.05) is 12.1 Å². The third-order valence-electron chi connectivity index (χ3n) is 10.3. The molecule has 6 rings (SSSR count). The van der Waals surface area contributed by atoms with E-state index in [1.54, 1.807) is 17.0 Å². The molecule has 0 aromatic heterocycles. The zero-order valence-electron chi connectivity index (χ0n) is 26.8. The SMILES string of the molecule is O=C(COC1(CCc2ccc([C@@H]3[C@@H](CC[C@H](O)c4ccc(F)cc4)C(=O)N3c3ccc(F)cc3)cc2)COC1)CC1(C(=O)O)CCCC1. The van der Waals surface area contributed by atoms with Crippen LogP contribution in [0.5, 0.6) is 0 Å². The number of anilines is 1. The number of ketones is 1. The van der Waals surface area contributed by atoms with E-state index in [-0.39, 0.29) is 36.6 Å². The Morgan fingerprint density at radius 1 is 0.938 bits per heavy atom. The van der Waals surface area contributed by atoms with Crippen molar-refractivity contribution in [2.75, 3.05) is 24.7 Å². The summed E-state index contributed by atoms with van der Waals surface area (Å²) in [5.41, 5.74) is 1.55. The van der Waals surface area contributed by atoms with E-state index in [0.29, 0.717) is 63.0 Å². The van der Waals surface area contributed by atoms with Crippen LogP contribution in [0.3, 0.4) is 0 Å². The molecule has 10 heteroatoms. The van der Waals surface area contributed by atoms with Crippen molar-refractivity contribution in [2.24, 2.45) is 11.3 Å². The number of aliphatic carboxylic acids is 1. The van der Waals surface area contributed by atoms with E-state index < -0.39 is 34.8 Å². The van der Waals surface area contributed by atoms with Crippen molar-refractivity contribution in [1.82, 2.24) is 0 Å². The van der Waals surface area contributed by atoms with Gasteiger partial charge >= 0.3 is 5.97 Å². The minimum absolute atomic E-state index is 0.00840. The minimum atomic E-state index is -0.968. The summed E-state index contributed by atoms with van der Waals surface area (Å²) >= 11 is 0. The number of hydrogen-bond acceptors (Lipinski definition) is 6. The fourth-order valence-electron chi connectivity index (χ4n) is 7.35. The number of aryl methyl sites for hydroxylation is 1. The second kappa shape index (κ2) is 14.2. The highest BCUT2D eigenvalue weighted by molar-refractivity contribution is 6.03. The highest BCUT2D eigenvalue weighted by Gasteiger charge is 2.49. The van der Waals surface area contributed by atoms with Gasteiger partial charge in [-0.2, -0.15) is 0 Å². The van der Waals surface area contributed by atoms with Crippen LogP contribution in [-0.4, -0.2) is 53.3 Å². The Hall–Kier alpha value is -3.99. The third-order valence-corrected chi connectivity index (χ3v) is 10.3. The maximum Gasteiger partial charge on any atom is 0.310 e. The van der Waals surface area contributed by atoms with Gasteiger partial charge < -0.3 is 24.6 Å². The molecule has 2 aliphatic heterocycles. The highest BCUT2D eigenvalue weighted by atomic mass is 19.1. The molecule has 2 saturated heterocycles. The van der Waals surface area contributed by atoms with E-state index >= 15 is 0 Å². The summed E-state index contributed by atoms with van der Waals surface area (Å²) in [6.45, 7) is 0.596. The lowest BCUT2D eigenvalue weighted by Crippen LogP contribution is -2.55. The average molecular weight is 662 g/mol. The number of ether oxygens (including phenoxy) is 2. The second-order valence-corrected chi connectivity index (χ2v) is 13.6. The van der Waals surface area contributed by atoms with E-state index in [1.165, 1.54) is 36.4 Å². The number of aliphatic hydroxyl groups is 1. The number of carboxylic acids is 1. The van der Waals surface area contributed by atoms with Crippen LogP contribution in [0.25, 0.3) is 0 Å². The maximum atomic E-state index is 13.7. The van der Waals surface area contributed by atoms with Gasteiger partial charge in [0.25, 0.3) is 0 Å². The summed E-state index contributed by atoms with van der Waals surface area (Å²) in [6, 6.07) is 19.1. The van der Waals surface area contributed by atoms with Gasteiger partial charge in [-0.15, -0.1) is 0 Å². The van der Waals surface area contributed by atoms with Crippen LogP contribution >= 0.6 is 0 Å². The standard InChI is InChI=1S/C38H41F2NO7/c39-28-9-7-26(8-10-28)33(43)16-15-32-34(41(35(32)44)30-13-11-29(40)12-14-30)27-5-3-25(4-6-27)17-20-38(23-47-24-38)48-22-31(42)21-37(36(45)46)18-1-2-19-37/h3-14,32-34,43H,1-2,15-24H2,(H,45,46)/t32-,33+,34-/m1/s1. The van der Waals surface area contributed by atoms with E-state index in [4.69, 9.17) is 9.47 Å². The Labute approximate surface area is 278 Å². The molecule has 2 N–H and O–H groups in total. The van der Waals surface area contributed by atoms with Gasteiger partial charge in [-0.3, -0.25) is 14.4 Å². The molecule has 0 unspecified atom stereocenters. The molecule has 3 aromatic carbocycles. The van der Waals surface area contributed by atoms with Crippen molar-refractivity contribution in [1.29, 1.82) is 0 Å². The van der Waals surface area contributed by atoms with Crippen molar-refractivity contribution < 1.29 is 42.9 Å². The van der Waals surface area contributed by atoms with Crippen molar-refractivity contribution in [3.05, 3.63) is 101 Å². The van der Waals surface area contributed by atoms with Crippen LogP contribution < -0.4 is 4.90 Å². The molecular formula is C38H41F2NO7. The van der Waals surface area contributed by atoms with Gasteiger partial charge in [-0.25, -0.2) is 8.78 Å². The van der Waals surface area contributed by atoms with Crippen LogP contribution in [-0.2, 0) is 30.3 Å². The molecule has 2 heterocycles. The average Bonchev–Trinajstić information content (AvgIpc) is 3.54. The summed E-state index contributed by atoms with van der Waals surface area (Å²) in [4.78, 5) is 39.7. The predicted molar refractivity (Wildman–Crippen MR) is 173 cm³/mol. The summed E-state index contributed by atoms with van der Waals surface area (Å²) in [5.74, 6) is -2.39. The first kappa shape index (κ1) is 33.9. The molecule has 0 radical (unpaired) electrons. The van der Waals surface area contributed by atoms with Crippen LogP contribution in [0.1, 0.15) is 80.2 Å². The number of carbonyl (C=O) groups is 3. The smallest absolute Gasteiger partial charge is 0.310 e. The zero-order valence-corrected chi connectivity index (χ0v) is 26.8. The molecule has 1 saturated carbocycles. The first-order valence-electron chi connectivity index (χ1n) is 16.7. The molecule has 1 amide bonds. The Morgan fingerprint density at radius 3 is 2.15 bits per heavy atom. The second-order valence-electron chi connectivity index (χ2n) is 13.6. The Balaban J connectivity index is 1.09. The Morgan fingerprint density at radius 2 is 1.56 bits per heavy atom. The normalized spacial score (nSPS) is 21.7. The molecule has 3 aliphatic rings. The first-order valence-corrected chi connectivity index (χ1v) is 16.7. The van der Waals surface area contributed by atoms with Gasteiger partial charge in [0.05, 0.1) is 36.7 Å². The fourth-order valence-corrected chi connectivity index (χ4v) is 7.35. The third kappa shape index (κ3) is 7.21. The molecule has 0 bridgehead atoms. The zero-order chi connectivity index (χ0) is 33.9. The van der Waals surface area contributed by atoms with Gasteiger partial charge in [-0.1, -0.05) is 49.2 Å². The van der Waals surface area contributed by atoms with Gasteiger partial charge in [0.15, 0.2) is 5.78 Å². The molecule has 0 spiro atoms. The topological polar surface area (TPSA) is 113 Å². The molecule has 48 heavy (non-hydrogen) atoms. The molecule has 1 aliphatic carbocycles. The lowest BCUT2D eigenvalue weighted by Gasteiger charge is -2.48. The molecular weight excluding hydrogens is 620 g/mol. The lowest BCUT2D eigenvalue weighted by atomic mass is 9.78. The van der Waals surface area contributed by atoms with E-state index in [1.807, 2.05) is 24.3 Å². The predicted octanol–water partition coefficient (Wildman–Crippen LogP) is 6.51. The summed E-state index contributed by atoms with van der Waals surface area (Å²) in [5, 5.41) is 20.5. The van der Waals surface area contributed by atoms with Crippen LogP contribution in [0.2, 0.25) is 0 Å². The number of benzene rings is 3. The molecule has 3 aromatic rings. The number of amides is 1. The van der Waals surface area contributed by atoms with Gasteiger partial charge in [0.2, 0.25) is 5.91 Å². The number of β-lactam (4-membered cyclic amide) rings is 1. The van der Waals surface area contributed by atoms with Crippen LogP contribution in [0.4, 0.5) is 14.5 Å². The highest BCUT2D eigenvalue weighted by Crippen LogP contribution is 2.46. The fraction of sp³-hybridized carbons (Fsp3) is 0.447. The number of carboxylic acid groups (broad SMARTS) is 1. The number of Topliss-reactive ketones (excluding diaryl/α,β-unsaturated/α-hetero) is 1. The molecule has 3 atom stereocenters. The monoisotopic (exact) mass is 661 g/mol. The van der Waals surface area contributed by atoms with Gasteiger partial charge in [0.1, 0.15) is 23.8 Å². The number of halogens is 2. The number of aliphatic hydroxyl groups excluding tert-OH is 1. The number of carbonyl (C=O) groups excluding carboxylic acids is 2. The summed E-state index contributed by atoms with van der Waals surface area (Å²) in [6.07, 6.45) is 3.84. The van der Waals surface area contributed by atoms with E-state index in [0.717, 1.165) is 24.0 Å². The minimum Gasteiger partial charge on any atom is -0.481 e. The summed E-state index contributed by atoms with van der Waals surface area (Å²) in [7, 11) is 0. The largest absolute Gasteiger partial charge is 0.481 e. The molecule has 3 fully saturated rings. The lowest BCUT2D eigenvalue weighted by molar-refractivity contribution is -0.212. The first-order chi connectivity index (χ1) is 23.1. The van der Waals surface area contributed by atoms with E-state index in [9.17, 15) is 33.4 Å².